The predicted molar refractivity (Wildman–Crippen MR) is 77.3 cm³/mol. The lowest BCUT2D eigenvalue weighted by Crippen LogP contribution is -2.30. The quantitative estimate of drug-likeness (QED) is 0.748. The minimum Gasteiger partial charge on any atom is -0.389 e. The van der Waals surface area contributed by atoms with E-state index in [1.54, 1.807) is 12.1 Å². The lowest BCUT2D eigenvalue weighted by molar-refractivity contribution is 0.252. The Kier molecular flexibility index (Phi) is 5.37. The van der Waals surface area contributed by atoms with Crippen LogP contribution in [-0.2, 0) is 0 Å². The average Bonchev–Trinajstić information content (AvgIpc) is 2.26. The van der Waals surface area contributed by atoms with Gasteiger partial charge in [0.15, 0.2) is 0 Å². The van der Waals surface area contributed by atoms with Crippen LogP contribution in [-0.4, -0.2) is 17.6 Å². The number of carbonyl (C=O) groups excluding carboxylic acids is 1. The standard InChI is InChI=1S/C11H14BrN3OS/c1-2-5-14-11(16)15-9-6-7(12)3-4-8(9)10(13)17/h3-4,6H,2,5H2,1H3,(H2,13,17)(H2,14,15,16). The number of hydrogen-bond acceptors (Lipinski definition) is 2. The summed E-state index contributed by atoms with van der Waals surface area (Å²) in [5.74, 6) is 0. The molecule has 17 heavy (non-hydrogen) atoms. The Labute approximate surface area is 114 Å². The Hall–Kier alpha value is -1.14. The van der Waals surface area contributed by atoms with Crippen LogP contribution in [0.4, 0.5) is 10.5 Å². The molecule has 0 aliphatic heterocycles. The molecule has 0 unspecified atom stereocenters. The summed E-state index contributed by atoms with van der Waals surface area (Å²) >= 11 is 8.26. The third-order valence-corrected chi connectivity index (χ3v) is 2.74. The average molecular weight is 316 g/mol. The number of anilines is 1. The largest absolute Gasteiger partial charge is 0.389 e. The van der Waals surface area contributed by atoms with Gasteiger partial charge >= 0.3 is 6.03 Å². The van der Waals surface area contributed by atoms with E-state index >= 15 is 0 Å². The van der Waals surface area contributed by atoms with Gasteiger partial charge in [-0.2, -0.15) is 0 Å². The van der Waals surface area contributed by atoms with E-state index in [2.05, 4.69) is 26.6 Å². The van der Waals surface area contributed by atoms with Crippen molar-refractivity contribution in [3.63, 3.8) is 0 Å². The number of nitrogens with two attached hydrogens (primary N) is 1. The van der Waals surface area contributed by atoms with Gasteiger partial charge in [-0.1, -0.05) is 35.1 Å². The van der Waals surface area contributed by atoms with E-state index in [-0.39, 0.29) is 11.0 Å². The van der Waals surface area contributed by atoms with Gasteiger partial charge in [0, 0.05) is 16.6 Å². The third-order valence-electron chi connectivity index (χ3n) is 2.03. The normalized spacial score (nSPS) is 9.76. The molecule has 4 nitrogen and oxygen atoms in total. The van der Waals surface area contributed by atoms with E-state index in [0.29, 0.717) is 17.8 Å². The van der Waals surface area contributed by atoms with Crippen LogP contribution in [0.1, 0.15) is 18.9 Å². The monoisotopic (exact) mass is 315 g/mol. The first kappa shape index (κ1) is 13.9. The molecule has 1 aromatic rings. The first-order valence-corrected chi connectivity index (χ1v) is 6.39. The molecule has 0 heterocycles. The Morgan fingerprint density at radius 2 is 2.24 bits per heavy atom. The molecule has 0 spiro atoms. The summed E-state index contributed by atoms with van der Waals surface area (Å²) in [6.45, 7) is 2.61. The van der Waals surface area contributed by atoms with Crippen molar-refractivity contribution in [3.8, 4) is 0 Å². The fourth-order valence-corrected chi connectivity index (χ4v) is 1.78. The number of benzene rings is 1. The maximum absolute atomic E-state index is 11.5. The number of hydrogen-bond donors (Lipinski definition) is 3. The molecule has 6 heteroatoms. The third kappa shape index (κ3) is 4.32. The van der Waals surface area contributed by atoms with Gasteiger partial charge in [-0.05, 0) is 24.6 Å². The van der Waals surface area contributed by atoms with Gasteiger partial charge in [0.1, 0.15) is 4.99 Å². The van der Waals surface area contributed by atoms with Crippen molar-refractivity contribution < 1.29 is 4.79 Å². The molecule has 2 amide bonds. The lowest BCUT2D eigenvalue weighted by atomic mass is 10.2. The summed E-state index contributed by atoms with van der Waals surface area (Å²) in [4.78, 5) is 11.8. The van der Waals surface area contributed by atoms with Gasteiger partial charge in [0.05, 0.1) is 5.69 Å². The molecule has 1 rings (SSSR count). The van der Waals surface area contributed by atoms with E-state index in [9.17, 15) is 4.79 Å². The number of rotatable bonds is 4. The van der Waals surface area contributed by atoms with Crippen molar-refractivity contribution in [2.75, 3.05) is 11.9 Å². The number of thiocarbonyl (C=S) groups is 1. The minimum atomic E-state index is -0.262. The zero-order valence-electron chi connectivity index (χ0n) is 9.42. The molecule has 0 aromatic heterocycles. The van der Waals surface area contributed by atoms with Gasteiger partial charge in [-0.3, -0.25) is 0 Å². The minimum absolute atomic E-state index is 0.253. The van der Waals surface area contributed by atoms with Crippen LogP contribution in [0.3, 0.4) is 0 Å². The molecular formula is C11H14BrN3OS. The zero-order valence-corrected chi connectivity index (χ0v) is 11.8. The molecule has 1 aromatic carbocycles. The van der Waals surface area contributed by atoms with Crippen LogP contribution in [0.15, 0.2) is 22.7 Å². The summed E-state index contributed by atoms with van der Waals surface area (Å²) in [5.41, 5.74) is 6.83. The Morgan fingerprint density at radius 3 is 2.82 bits per heavy atom. The van der Waals surface area contributed by atoms with Crippen molar-refractivity contribution in [3.05, 3.63) is 28.2 Å². The smallest absolute Gasteiger partial charge is 0.319 e. The second-order valence-corrected chi connectivity index (χ2v) is 4.79. The van der Waals surface area contributed by atoms with Gasteiger partial charge in [-0.25, -0.2) is 4.79 Å². The highest BCUT2D eigenvalue weighted by Crippen LogP contribution is 2.21. The molecule has 4 N–H and O–H groups in total. The molecule has 0 radical (unpaired) electrons. The number of amides is 2. The van der Waals surface area contributed by atoms with Crippen molar-refractivity contribution >= 4 is 44.9 Å². The molecule has 0 fully saturated rings. The summed E-state index contributed by atoms with van der Waals surface area (Å²) in [7, 11) is 0. The maximum atomic E-state index is 11.5. The van der Waals surface area contributed by atoms with Crippen molar-refractivity contribution in [1.29, 1.82) is 0 Å². The summed E-state index contributed by atoms with van der Waals surface area (Å²) in [6.07, 6.45) is 0.883. The molecule has 0 saturated heterocycles. The van der Waals surface area contributed by atoms with E-state index in [1.807, 2.05) is 13.0 Å². The van der Waals surface area contributed by atoms with Gasteiger partial charge in [0.2, 0.25) is 0 Å². The van der Waals surface area contributed by atoms with Crippen LogP contribution in [0.25, 0.3) is 0 Å². The van der Waals surface area contributed by atoms with E-state index in [4.69, 9.17) is 18.0 Å². The molecular weight excluding hydrogens is 302 g/mol. The molecule has 92 valence electrons. The summed E-state index contributed by atoms with van der Waals surface area (Å²) < 4.78 is 0.850. The fraction of sp³-hybridized carbons (Fsp3) is 0.273. The van der Waals surface area contributed by atoms with Gasteiger partial charge < -0.3 is 16.4 Å². The summed E-state index contributed by atoms with van der Waals surface area (Å²) in [6, 6.07) is 5.09. The summed E-state index contributed by atoms with van der Waals surface area (Å²) in [5, 5.41) is 5.44. The van der Waals surface area contributed by atoms with E-state index < -0.39 is 0 Å². The molecule has 0 aliphatic carbocycles. The second-order valence-electron chi connectivity index (χ2n) is 3.44. The number of urea groups is 1. The van der Waals surface area contributed by atoms with Gasteiger partial charge in [0.25, 0.3) is 0 Å². The van der Waals surface area contributed by atoms with Crippen LogP contribution in [0.2, 0.25) is 0 Å². The molecule has 0 aliphatic rings. The molecule has 0 saturated carbocycles. The topological polar surface area (TPSA) is 67.2 Å². The molecule has 0 bridgehead atoms. The Balaban J connectivity index is 2.85. The zero-order chi connectivity index (χ0) is 12.8. The second kappa shape index (κ2) is 6.56. The van der Waals surface area contributed by atoms with Gasteiger partial charge in [-0.15, -0.1) is 0 Å². The Morgan fingerprint density at radius 1 is 1.53 bits per heavy atom. The number of halogens is 1. The van der Waals surface area contributed by atoms with Crippen LogP contribution < -0.4 is 16.4 Å². The Bertz CT molecular complexity index is 437. The number of nitrogens with one attached hydrogen (secondary N) is 2. The highest BCUT2D eigenvalue weighted by atomic mass is 79.9. The SMILES string of the molecule is CCCNC(=O)Nc1cc(Br)ccc1C(N)=S. The van der Waals surface area contributed by atoms with Crippen LogP contribution in [0, 0.1) is 0 Å². The maximum Gasteiger partial charge on any atom is 0.319 e. The number of carbonyl (C=O) groups is 1. The molecule has 0 atom stereocenters. The van der Waals surface area contributed by atoms with Crippen LogP contribution in [0.5, 0.6) is 0 Å². The first-order chi connectivity index (χ1) is 8.04. The first-order valence-electron chi connectivity index (χ1n) is 5.18. The highest BCUT2D eigenvalue weighted by Gasteiger charge is 2.08. The highest BCUT2D eigenvalue weighted by molar-refractivity contribution is 9.10. The van der Waals surface area contributed by atoms with Crippen molar-refractivity contribution in [2.45, 2.75) is 13.3 Å². The van der Waals surface area contributed by atoms with E-state index in [0.717, 1.165) is 10.9 Å². The van der Waals surface area contributed by atoms with Crippen LogP contribution >= 0.6 is 28.1 Å². The predicted octanol–water partition coefficient (Wildman–Crippen LogP) is 2.61. The van der Waals surface area contributed by atoms with E-state index in [1.165, 1.54) is 0 Å². The van der Waals surface area contributed by atoms with Crippen molar-refractivity contribution in [2.24, 2.45) is 5.73 Å². The lowest BCUT2D eigenvalue weighted by Gasteiger charge is -2.11. The van der Waals surface area contributed by atoms with Crippen molar-refractivity contribution in [1.82, 2.24) is 5.32 Å². The fourth-order valence-electron chi connectivity index (χ4n) is 1.24.